The number of allylic oxidation sites excluding steroid dienone is 1. The normalized spacial score (nSPS) is 11.5. The number of hydrogen-bond donors (Lipinski definition) is 1. The van der Waals surface area contributed by atoms with E-state index >= 15 is 0 Å². The molecule has 1 aromatic heterocycles. The number of para-hydroxylation sites is 1. The second kappa shape index (κ2) is 11.2. The lowest BCUT2D eigenvalue weighted by Crippen LogP contribution is -2.16. The summed E-state index contributed by atoms with van der Waals surface area (Å²) in [6, 6.07) is 14.7. The molecule has 9 heteroatoms. The molecule has 0 aliphatic carbocycles. The number of carbonyl (C=O) groups is 1. The van der Waals surface area contributed by atoms with Gasteiger partial charge in [0.15, 0.2) is 17.1 Å². The molecule has 0 radical (unpaired) electrons. The van der Waals surface area contributed by atoms with Crippen LogP contribution in [-0.2, 0) is 11.3 Å². The van der Waals surface area contributed by atoms with E-state index in [9.17, 15) is 4.79 Å². The fourth-order valence-corrected chi connectivity index (χ4v) is 3.74. The predicted octanol–water partition coefficient (Wildman–Crippen LogP) is 4.35. The Kier molecular flexibility index (Phi) is 8.15. The summed E-state index contributed by atoms with van der Waals surface area (Å²) >= 11 is 1.29. The SMILES string of the molecule is C=CCn1c(SCC(=O)Nc2ccc(OC)cc2OC)nnc1C(C)Oc1ccccc1. The van der Waals surface area contributed by atoms with Gasteiger partial charge in [0.25, 0.3) is 0 Å². The van der Waals surface area contributed by atoms with E-state index in [1.54, 1.807) is 31.4 Å². The van der Waals surface area contributed by atoms with Crippen LogP contribution in [-0.4, -0.2) is 40.6 Å². The van der Waals surface area contributed by atoms with E-state index in [0.717, 1.165) is 5.75 Å². The van der Waals surface area contributed by atoms with Gasteiger partial charge in [-0.3, -0.25) is 9.36 Å². The van der Waals surface area contributed by atoms with Crippen molar-refractivity contribution in [2.75, 3.05) is 25.3 Å². The van der Waals surface area contributed by atoms with E-state index in [4.69, 9.17) is 14.2 Å². The van der Waals surface area contributed by atoms with E-state index in [0.29, 0.717) is 34.7 Å². The Morgan fingerprint density at radius 1 is 1.16 bits per heavy atom. The highest BCUT2D eigenvalue weighted by Gasteiger charge is 2.20. The van der Waals surface area contributed by atoms with Gasteiger partial charge in [-0.2, -0.15) is 0 Å². The van der Waals surface area contributed by atoms with E-state index in [1.807, 2.05) is 41.8 Å². The number of nitrogens with zero attached hydrogens (tertiary/aromatic N) is 3. The lowest BCUT2D eigenvalue weighted by atomic mass is 10.2. The summed E-state index contributed by atoms with van der Waals surface area (Å²) in [5.74, 6) is 2.53. The fraction of sp³-hybridized carbons (Fsp3) is 0.261. The minimum absolute atomic E-state index is 0.151. The maximum Gasteiger partial charge on any atom is 0.234 e. The molecule has 0 aliphatic heterocycles. The van der Waals surface area contributed by atoms with Gasteiger partial charge < -0.3 is 19.5 Å². The summed E-state index contributed by atoms with van der Waals surface area (Å²) in [6.07, 6.45) is 1.44. The van der Waals surface area contributed by atoms with Gasteiger partial charge in [-0.25, -0.2) is 0 Å². The predicted molar refractivity (Wildman–Crippen MR) is 125 cm³/mol. The average Bonchev–Trinajstić information content (AvgIpc) is 3.21. The Balaban J connectivity index is 1.67. The molecular formula is C23H26N4O4S. The minimum atomic E-state index is -0.323. The Hall–Kier alpha value is -3.46. The summed E-state index contributed by atoms with van der Waals surface area (Å²) in [5, 5.41) is 12.0. The van der Waals surface area contributed by atoms with Crippen LogP contribution in [0.3, 0.4) is 0 Å². The summed E-state index contributed by atoms with van der Waals surface area (Å²) in [7, 11) is 3.11. The summed E-state index contributed by atoms with van der Waals surface area (Å²) in [5.41, 5.74) is 0.567. The first-order valence-corrected chi connectivity index (χ1v) is 10.9. The molecule has 32 heavy (non-hydrogen) atoms. The van der Waals surface area contributed by atoms with E-state index in [2.05, 4.69) is 22.1 Å². The Labute approximate surface area is 191 Å². The Morgan fingerprint density at radius 3 is 2.62 bits per heavy atom. The number of rotatable bonds is 11. The smallest absolute Gasteiger partial charge is 0.234 e. The Morgan fingerprint density at radius 2 is 1.94 bits per heavy atom. The van der Waals surface area contributed by atoms with Crippen LogP contribution in [0.4, 0.5) is 5.69 Å². The zero-order chi connectivity index (χ0) is 22.9. The molecule has 3 rings (SSSR count). The largest absolute Gasteiger partial charge is 0.497 e. The lowest BCUT2D eigenvalue weighted by Gasteiger charge is -2.15. The molecule has 1 N–H and O–H groups in total. The van der Waals surface area contributed by atoms with Crippen molar-refractivity contribution < 1.29 is 19.0 Å². The quantitative estimate of drug-likeness (QED) is 0.340. The second-order valence-corrected chi connectivity index (χ2v) is 7.66. The molecule has 1 heterocycles. The molecule has 0 saturated heterocycles. The highest BCUT2D eigenvalue weighted by atomic mass is 32.2. The van der Waals surface area contributed by atoms with Gasteiger partial charge in [-0.15, -0.1) is 16.8 Å². The number of hydrogen-bond acceptors (Lipinski definition) is 7. The molecule has 0 fully saturated rings. The number of benzene rings is 2. The molecule has 2 aromatic carbocycles. The fourth-order valence-electron chi connectivity index (χ4n) is 2.98. The maximum atomic E-state index is 12.5. The average molecular weight is 455 g/mol. The molecule has 3 aromatic rings. The molecule has 8 nitrogen and oxygen atoms in total. The highest BCUT2D eigenvalue weighted by Crippen LogP contribution is 2.30. The van der Waals surface area contributed by atoms with Crippen LogP contribution in [0.2, 0.25) is 0 Å². The highest BCUT2D eigenvalue weighted by molar-refractivity contribution is 7.99. The molecule has 0 saturated carbocycles. The first-order chi connectivity index (χ1) is 15.5. The third-order valence-corrected chi connectivity index (χ3v) is 5.46. The van der Waals surface area contributed by atoms with Gasteiger partial charge in [0, 0.05) is 12.6 Å². The summed E-state index contributed by atoms with van der Waals surface area (Å²) in [6.45, 7) is 6.23. The van der Waals surface area contributed by atoms with Crippen molar-refractivity contribution in [2.45, 2.75) is 24.7 Å². The second-order valence-electron chi connectivity index (χ2n) is 6.72. The van der Waals surface area contributed by atoms with Crippen molar-refractivity contribution in [3.05, 3.63) is 67.0 Å². The van der Waals surface area contributed by atoms with Crippen molar-refractivity contribution in [3.8, 4) is 17.2 Å². The number of thioether (sulfide) groups is 1. The zero-order valence-electron chi connectivity index (χ0n) is 18.3. The molecule has 1 amide bonds. The van der Waals surface area contributed by atoms with Gasteiger partial charge in [-0.1, -0.05) is 36.0 Å². The first kappa shape index (κ1) is 23.2. The number of ether oxygens (including phenoxy) is 3. The summed E-state index contributed by atoms with van der Waals surface area (Å²) in [4.78, 5) is 12.5. The number of amides is 1. The molecule has 0 spiro atoms. The van der Waals surface area contributed by atoms with Crippen molar-refractivity contribution in [2.24, 2.45) is 0 Å². The van der Waals surface area contributed by atoms with Crippen LogP contribution in [0.5, 0.6) is 17.2 Å². The molecule has 1 atom stereocenters. The van der Waals surface area contributed by atoms with Crippen LogP contribution in [0, 0.1) is 0 Å². The number of methoxy groups -OCH3 is 2. The molecule has 0 bridgehead atoms. The molecule has 168 valence electrons. The zero-order valence-corrected chi connectivity index (χ0v) is 19.1. The molecule has 0 aliphatic rings. The number of anilines is 1. The van der Waals surface area contributed by atoms with Crippen LogP contribution < -0.4 is 19.5 Å². The van der Waals surface area contributed by atoms with E-state index in [-0.39, 0.29) is 17.8 Å². The topological polar surface area (TPSA) is 87.5 Å². The van der Waals surface area contributed by atoms with Crippen LogP contribution in [0.25, 0.3) is 0 Å². The first-order valence-electron chi connectivity index (χ1n) is 9.96. The van der Waals surface area contributed by atoms with Gasteiger partial charge in [0.2, 0.25) is 5.91 Å². The van der Waals surface area contributed by atoms with Gasteiger partial charge in [0.1, 0.15) is 17.2 Å². The van der Waals surface area contributed by atoms with Crippen molar-refractivity contribution in [3.63, 3.8) is 0 Å². The number of aromatic nitrogens is 3. The third-order valence-electron chi connectivity index (χ3n) is 4.49. The Bertz CT molecular complexity index is 1060. The molecule has 1 unspecified atom stereocenters. The number of carbonyl (C=O) groups excluding carboxylic acids is 1. The van der Waals surface area contributed by atoms with Gasteiger partial charge in [-0.05, 0) is 31.2 Å². The van der Waals surface area contributed by atoms with Crippen LogP contribution in [0.1, 0.15) is 18.9 Å². The standard InChI is InChI=1S/C23H26N4O4S/c1-5-13-27-22(16(2)31-17-9-7-6-8-10-17)25-26-23(27)32-15-21(28)24-19-12-11-18(29-3)14-20(19)30-4/h5-12,14,16H,1,13,15H2,2-4H3,(H,24,28). The summed E-state index contributed by atoms with van der Waals surface area (Å²) < 4.78 is 18.4. The lowest BCUT2D eigenvalue weighted by molar-refractivity contribution is -0.113. The third kappa shape index (κ3) is 5.82. The van der Waals surface area contributed by atoms with Crippen LogP contribution in [0.15, 0.2) is 66.3 Å². The van der Waals surface area contributed by atoms with Gasteiger partial charge >= 0.3 is 0 Å². The molecular weight excluding hydrogens is 428 g/mol. The van der Waals surface area contributed by atoms with Gasteiger partial charge in [0.05, 0.1) is 25.7 Å². The van der Waals surface area contributed by atoms with E-state index in [1.165, 1.54) is 18.9 Å². The monoisotopic (exact) mass is 454 g/mol. The maximum absolute atomic E-state index is 12.5. The minimum Gasteiger partial charge on any atom is -0.497 e. The van der Waals surface area contributed by atoms with Crippen molar-refractivity contribution in [1.29, 1.82) is 0 Å². The van der Waals surface area contributed by atoms with Crippen molar-refractivity contribution >= 4 is 23.4 Å². The van der Waals surface area contributed by atoms with E-state index < -0.39 is 0 Å². The number of nitrogens with one attached hydrogen (secondary N) is 1. The van der Waals surface area contributed by atoms with Crippen LogP contribution >= 0.6 is 11.8 Å². The van der Waals surface area contributed by atoms with Crippen molar-refractivity contribution in [1.82, 2.24) is 14.8 Å².